The number of imide groups is 1. The number of nitrogens with one attached hydrogen (secondary N) is 1. The third kappa shape index (κ3) is 6.71. The molecule has 0 bridgehead atoms. The van der Waals surface area contributed by atoms with Crippen molar-refractivity contribution in [2.45, 2.75) is 58.2 Å². The number of nitrogens with zero attached hydrogens (tertiary/aromatic N) is 2. The van der Waals surface area contributed by atoms with Crippen molar-refractivity contribution in [1.82, 2.24) is 15.1 Å². The molecule has 2 aliphatic rings. The highest BCUT2D eigenvalue weighted by molar-refractivity contribution is 6.36. The van der Waals surface area contributed by atoms with Gasteiger partial charge in [-0.2, -0.15) is 0 Å². The van der Waals surface area contributed by atoms with Gasteiger partial charge in [0.1, 0.15) is 6.04 Å². The van der Waals surface area contributed by atoms with E-state index in [1.807, 2.05) is 56.3 Å². The molecule has 2 aromatic rings. The van der Waals surface area contributed by atoms with Gasteiger partial charge in [0.25, 0.3) is 0 Å². The van der Waals surface area contributed by atoms with Gasteiger partial charge in [0, 0.05) is 47.6 Å². The van der Waals surface area contributed by atoms with E-state index in [-0.39, 0.29) is 67.4 Å². The summed E-state index contributed by atoms with van der Waals surface area (Å²) >= 11 is 12.9. The minimum Gasteiger partial charge on any atom is -0.352 e. The Labute approximate surface area is 239 Å². The summed E-state index contributed by atoms with van der Waals surface area (Å²) in [5.41, 5.74) is 1.40. The van der Waals surface area contributed by atoms with Crippen LogP contribution in [0.4, 0.5) is 0 Å². The Morgan fingerprint density at radius 3 is 2.10 bits per heavy atom. The lowest BCUT2D eigenvalue weighted by Gasteiger charge is -2.33. The molecule has 1 aliphatic carbocycles. The van der Waals surface area contributed by atoms with Crippen LogP contribution < -0.4 is 5.32 Å². The average Bonchev–Trinajstić information content (AvgIpc) is 3.15. The molecule has 206 valence electrons. The molecule has 1 saturated heterocycles. The number of allylic oxidation sites excluding steroid dienone is 2. The fourth-order valence-corrected chi connectivity index (χ4v) is 5.75. The molecular weight excluding hydrogens is 537 g/mol. The topological polar surface area (TPSA) is 86.8 Å². The van der Waals surface area contributed by atoms with Crippen molar-refractivity contribution in [3.05, 3.63) is 81.9 Å². The van der Waals surface area contributed by atoms with Crippen molar-refractivity contribution >= 4 is 46.8 Å². The third-order valence-corrected chi connectivity index (χ3v) is 7.95. The van der Waals surface area contributed by atoms with Crippen LogP contribution in [0.1, 0.15) is 44.2 Å². The molecular formula is C30H33Cl2N3O4. The van der Waals surface area contributed by atoms with E-state index in [0.717, 1.165) is 5.56 Å². The summed E-state index contributed by atoms with van der Waals surface area (Å²) in [5.74, 6) is -1.88. The van der Waals surface area contributed by atoms with E-state index < -0.39 is 6.04 Å². The van der Waals surface area contributed by atoms with Gasteiger partial charge in [-0.1, -0.05) is 71.8 Å². The van der Waals surface area contributed by atoms with E-state index in [4.69, 9.17) is 23.2 Å². The molecule has 0 aromatic heterocycles. The summed E-state index contributed by atoms with van der Waals surface area (Å²) < 4.78 is 0. The molecule has 1 fully saturated rings. The lowest BCUT2D eigenvalue weighted by molar-refractivity contribution is -0.144. The number of carbonyl (C=O) groups is 4. The first-order chi connectivity index (χ1) is 18.7. The molecule has 3 atom stereocenters. The number of carbonyl (C=O) groups excluding carboxylic acids is 4. The maximum Gasteiger partial charge on any atom is 0.243 e. The van der Waals surface area contributed by atoms with Gasteiger partial charge in [-0.3, -0.25) is 24.1 Å². The molecule has 9 heteroatoms. The molecule has 0 radical (unpaired) electrons. The quantitative estimate of drug-likeness (QED) is 0.329. The molecule has 0 saturated carbocycles. The van der Waals surface area contributed by atoms with Crippen LogP contribution in [0.25, 0.3) is 0 Å². The van der Waals surface area contributed by atoms with Crippen LogP contribution in [0.15, 0.2) is 60.7 Å². The third-order valence-electron chi connectivity index (χ3n) is 7.24. The second kappa shape index (κ2) is 12.8. The maximum atomic E-state index is 13.9. The van der Waals surface area contributed by atoms with Gasteiger partial charge < -0.3 is 10.2 Å². The summed E-state index contributed by atoms with van der Waals surface area (Å²) in [4.78, 5) is 56.0. The Kier molecular flexibility index (Phi) is 9.46. The van der Waals surface area contributed by atoms with Gasteiger partial charge in [0.05, 0.1) is 11.8 Å². The summed E-state index contributed by atoms with van der Waals surface area (Å²) in [7, 11) is 0. The standard InChI is InChI=1S/C30H33Cl2N3O4/c1-19(2)33-28(37)26(17-20-9-4-3-5-10-20)35(18-23-24(31)13-8-14-25(23)32)27(36)15-16-34-29(38)21-11-6-7-12-22(21)30(34)39/h3-10,13-14,19,21-22,26H,11-12,15-18H2,1-2H3,(H,33,37)/t21-,22+,26-/m0/s1. The van der Waals surface area contributed by atoms with Crippen molar-refractivity contribution in [2.75, 3.05) is 6.54 Å². The Hall–Kier alpha value is -3.16. The van der Waals surface area contributed by atoms with Crippen molar-refractivity contribution < 1.29 is 19.2 Å². The van der Waals surface area contributed by atoms with Gasteiger partial charge in [-0.25, -0.2) is 0 Å². The van der Waals surface area contributed by atoms with E-state index in [9.17, 15) is 19.2 Å². The molecule has 7 nitrogen and oxygen atoms in total. The molecule has 0 unspecified atom stereocenters. The largest absolute Gasteiger partial charge is 0.352 e. The van der Waals surface area contributed by atoms with E-state index >= 15 is 0 Å². The summed E-state index contributed by atoms with van der Waals surface area (Å²) in [6.45, 7) is 3.67. The molecule has 1 heterocycles. The summed E-state index contributed by atoms with van der Waals surface area (Å²) in [6.07, 6.45) is 5.07. The zero-order valence-corrected chi connectivity index (χ0v) is 23.6. The zero-order valence-electron chi connectivity index (χ0n) is 22.1. The predicted molar refractivity (Wildman–Crippen MR) is 151 cm³/mol. The van der Waals surface area contributed by atoms with Crippen LogP contribution in [-0.4, -0.2) is 52.1 Å². The predicted octanol–water partition coefficient (Wildman–Crippen LogP) is 4.80. The van der Waals surface area contributed by atoms with Crippen LogP contribution in [0.3, 0.4) is 0 Å². The molecule has 1 N–H and O–H groups in total. The highest BCUT2D eigenvalue weighted by Gasteiger charge is 2.47. The first-order valence-electron chi connectivity index (χ1n) is 13.2. The highest BCUT2D eigenvalue weighted by Crippen LogP contribution is 2.35. The van der Waals surface area contributed by atoms with Gasteiger partial charge >= 0.3 is 0 Å². The Bertz CT molecular complexity index is 1220. The number of hydrogen-bond donors (Lipinski definition) is 1. The van der Waals surface area contributed by atoms with Crippen molar-refractivity contribution in [3.63, 3.8) is 0 Å². The lowest BCUT2D eigenvalue weighted by Crippen LogP contribution is -2.52. The Morgan fingerprint density at radius 2 is 1.54 bits per heavy atom. The van der Waals surface area contributed by atoms with Crippen LogP contribution in [0.5, 0.6) is 0 Å². The zero-order chi connectivity index (χ0) is 28.1. The molecule has 39 heavy (non-hydrogen) atoms. The van der Waals surface area contributed by atoms with Gasteiger partial charge in [-0.15, -0.1) is 0 Å². The first-order valence-corrected chi connectivity index (χ1v) is 14.0. The van der Waals surface area contributed by atoms with Gasteiger partial charge in [0.2, 0.25) is 23.6 Å². The molecule has 2 aromatic carbocycles. The van der Waals surface area contributed by atoms with Crippen LogP contribution >= 0.6 is 23.2 Å². The summed E-state index contributed by atoms with van der Waals surface area (Å²) in [6, 6.07) is 13.5. The maximum absolute atomic E-state index is 13.9. The number of hydrogen-bond acceptors (Lipinski definition) is 4. The van der Waals surface area contributed by atoms with E-state index in [1.165, 1.54) is 9.80 Å². The highest BCUT2D eigenvalue weighted by atomic mass is 35.5. The molecule has 4 amide bonds. The monoisotopic (exact) mass is 569 g/mol. The van der Waals surface area contributed by atoms with Gasteiger partial charge in [0.15, 0.2) is 0 Å². The van der Waals surface area contributed by atoms with Crippen molar-refractivity contribution in [2.24, 2.45) is 11.8 Å². The fraction of sp³-hybridized carbons (Fsp3) is 0.400. The van der Waals surface area contributed by atoms with Gasteiger partial charge in [-0.05, 0) is 44.4 Å². The number of likely N-dealkylation sites (tertiary alicyclic amines) is 1. The van der Waals surface area contributed by atoms with Crippen LogP contribution in [-0.2, 0) is 32.1 Å². The fourth-order valence-electron chi connectivity index (χ4n) is 5.23. The van der Waals surface area contributed by atoms with Crippen LogP contribution in [0, 0.1) is 11.8 Å². The van der Waals surface area contributed by atoms with Crippen molar-refractivity contribution in [1.29, 1.82) is 0 Å². The summed E-state index contributed by atoms with van der Waals surface area (Å²) in [5, 5.41) is 3.69. The number of amides is 4. The average molecular weight is 571 g/mol. The molecule has 4 rings (SSSR count). The Balaban J connectivity index is 1.62. The lowest BCUT2D eigenvalue weighted by atomic mass is 9.85. The number of rotatable bonds is 10. The van der Waals surface area contributed by atoms with Crippen LogP contribution in [0.2, 0.25) is 10.0 Å². The minimum atomic E-state index is -0.869. The smallest absolute Gasteiger partial charge is 0.243 e. The second-order valence-corrected chi connectivity index (χ2v) is 11.1. The molecule has 0 spiro atoms. The first kappa shape index (κ1) is 28.8. The number of benzene rings is 2. The normalized spacial score (nSPS) is 19.3. The second-order valence-electron chi connectivity index (χ2n) is 10.3. The Morgan fingerprint density at radius 1 is 0.949 bits per heavy atom. The van der Waals surface area contributed by atoms with E-state index in [2.05, 4.69) is 5.32 Å². The SMILES string of the molecule is CC(C)NC(=O)[C@H](Cc1ccccc1)N(Cc1c(Cl)cccc1Cl)C(=O)CCN1C(=O)[C@H]2CC=CC[C@H]2C1=O. The van der Waals surface area contributed by atoms with Crippen molar-refractivity contribution in [3.8, 4) is 0 Å². The number of halogens is 2. The van der Waals surface area contributed by atoms with E-state index in [0.29, 0.717) is 28.5 Å². The van der Waals surface area contributed by atoms with E-state index in [1.54, 1.807) is 18.2 Å². The number of fused-ring (bicyclic) bond motifs is 1. The minimum absolute atomic E-state index is 0.00256. The molecule has 1 aliphatic heterocycles.